The normalized spacial score (nSPS) is 10.1. The Morgan fingerprint density at radius 2 is 2.19 bits per heavy atom. The SMILES string of the molecule is CCCCOCc1cc(C=O)ccc1OC. The van der Waals surface area contributed by atoms with E-state index in [0.29, 0.717) is 12.2 Å². The zero-order valence-electron chi connectivity index (χ0n) is 9.86. The molecule has 0 N–H and O–H groups in total. The lowest BCUT2D eigenvalue weighted by Crippen LogP contribution is -1.99. The Hall–Kier alpha value is -1.35. The van der Waals surface area contributed by atoms with Gasteiger partial charge in [0.2, 0.25) is 0 Å². The third kappa shape index (κ3) is 3.66. The van der Waals surface area contributed by atoms with Gasteiger partial charge in [0, 0.05) is 17.7 Å². The smallest absolute Gasteiger partial charge is 0.150 e. The van der Waals surface area contributed by atoms with Gasteiger partial charge in [0.1, 0.15) is 12.0 Å². The van der Waals surface area contributed by atoms with Crippen LogP contribution in [0.1, 0.15) is 35.7 Å². The molecule has 0 unspecified atom stereocenters. The van der Waals surface area contributed by atoms with E-state index in [1.807, 2.05) is 0 Å². The fraction of sp³-hybridized carbons (Fsp3) is 0.462. The lowest BCUT2D eigenvalue weighted by atomic mass is 10.1. The van der Waals surface area contributed by atoms with Crippen LogP contribution in [0, 0.1) is 0 Å². The molecule has 1 aromatic carbocycles. The quantitative estimate of drug-likeness (QED) is 0.525. The molecule has 1 rings (SSSR count). The summed E-state index contributed by atoms with van der Waals surface area (Å²) < 4.78 is 10.7. The molecule has 0 heterocycles. The van der Waals surface area contributed by atoms with Crippen LogP contribution in [0.25, 0.3) is 0 Å². The van der Waals surface area contributed by atoms with Crippen molar-refractivity contribution in [3.8, 4) is 5.75 Å². The molecule has 1 aromatic rings. The van der Waals surface area contributed by atoms with E-state index < -0.39 is 0 Å². The minimum atomic E-state index is 0.491. The van der Waals surface area contributed by atoms with E-state index in [-0.39, 0.29) is 0 Å². The molecule has 0 radical (unpaired) electrons. The van der Waals surface area contributed by atoms with Gasteiger partial charge in [-0.05, 0) is 24.6 Å². The Labute approximate surface area is 96.4 Å². The van der Waals surface area contributed by atoms with Crippen LogP contribution < -0.4 is 4.74 Å². The Morgan fingerprint density at radius 3 is 2.81 bits per heavy atom. The minimum absolute atomic E-state index is 0.491. The second-order valence-corrected chi connectivity index (χ2v) is 3.60. The highest BCUT2D eigenvalue weighted by Gasteiger charge is 2.04. The molecule has 0 fully saturated rings. The first-order chi connectivity index (χ1) is 7.81. The van der Waals surface area contributed by atoms with Gasteiger partial charge in [-0.2, -0.15) is 0 Å². The molecular weight excluding hydrogens is 204 g/mol. The molecule has 0 saturated heterocycles. The van der Waals surface area contributed by atoms with E-state index in [2.05, 4.69) is 6.92 Å². The molecule has 0 aliphatic rings. The van der Waals surface area contributed by atoms with Crippen molar-refractivity contribution in [3.63, 3.8) is 0 Å². The van der Waals surface area contributed by atoms with Crippen LogP contribution >= 0.6 is 0 Å². The van der Waals surface area contributed by atoms with E-state index in [1.54, 1.807) is 25.3 Å². The highest BCUT2D eigenvalue weighted by atomic mass is 16.5. The number of ether oxygens (including phenoxy) is 2. The molecule has 0 aromatic heterocycles. The molecular formula is C13H18O3. The van der Waals surface area contributed by atoms with E-state index >= 15 is 0 Å². The molecule has 16 heavy (non-hydrogen) atoms. The summed E-state index contributed by atoms with van der Waals surface area (Å²) in [4.78, 5) is 10.7. The fourth-order valence-electron chi connectivity index (χ4n) is 1.41. The Morgan fingerprint density at radius 1 is 1.38 bits per heavy atom. The number of hydrogen-bond donors (Lipinski definition) is 0. The molecule has 88 valence electrons. The molecule has 3 nitrogen and oxygen atoms in total. The summed E-state index contributed by atoms with van der Waals surface area (Å²) in [6, 6.07) is 5.33. The molecule has 0 saturated carbocycles. The molecule has 0 spiro atoms. The molecule has 0 amide bonds. The Balaban J connectivity index is 2.64. The summed E-state index contributed by atoms with van der Waals surface area (Å²) >= 11 is 0. The van der Waals surface area contributed by atoms with Crippen LogP contribution in [0.15, 0.2) is 18.2 Å². The predicted molar refractivity (Wildman–Crippen MR) is 62.9 cm³/mol. The molecule has 0 bridgehead atoms. The maximum atomic E-state index is 10.7. The van der Waals surface area contributed by atoms with Gasteiger partial charge in [-0.15, -0.1) is 0 Å². The summed E-state index contributed by atoms with van der Waals surface area (Å²) in [7, 11) is 1.62. The first-order valence-corrected chi connectivity index (χ1v) is 5.51. The van der Waals surface area contributed by atoms with Crippen molar-refractivity contribution in [2.75, 3.05) is 13.7 Å². The monoisotopic (exact) mass is 222 g/mol. The third-order valence-corrected chi connectivity index (χ3v) is 2.34. The lowest BCUT2D eigenvalue weighted by Gasteiger charge is -2.09. The second-order valence-electron chi connectivity index (χ2n) is 3.60. The third-order valence-electron chi connectivity index (χ3n) is 2.34. The second kappa shape index (κ2) is 7.01. The van der Waals surface area contributed by atoms with Gasteiger partial charge >= 0.3 is 0 Å². The van der Waals surface area contributed by atoms with E-state index in [1.165, 1.54) is 0 Å². The molecule has 0 aliphatic heterocycles. The van der Waals surface area contributed by atoms with Crippen molar-refractivity contribution in [1.29, 1.82) is 0 Å². The number of aldehydes is 1. The van der Waals surface area contributed by atoms with Crippen LogP contribution in [0.3, 0.4) is 0 Å². The van der Waals surface area contributed by atoms with Gasteiger partial charge in [0.15, 0.2) is 0 Å². The first kappa shape index (κ1) is 12.7. The molecule has 0 aliphatic carbocycles. The lowest BCUT2D eigenvalue weighted by molar-refractivity contribution is 0.111. The largest absolute Gasteiger partial charge is 0.496 e. The van der Waals surface area contributed by atoms with Crippen molar-refractivity contribution >= 4 is 6.29 Å². The number of carbonyl (C=O) groups is 1. The summed E-state index contributed by atoms with van der Waals surface area (Å²) in [5, 5.41) is 0. The van der Waals surface area contributed by atoms with Crippen LogP contribution in [0.5, 0.6) is 5.75 Å². The van der Waals surface area contributed by atoms with Crippen molar-refractivity contribution in [2.24, 2.45) is 0 Å². The van der Waals surface area contributed by atoms with Crippen LogP contribution in [0.2, 0.25) is 0 Å². The van der Waals surface area contributed by atoms with Crippen LogP contribution in [-0.4, -0.2) is 20.0 Å². The highest BCUT2D eigenvalue weighted by Crippen LogP contribution is 2.20. The summed E-state index contributed by atoms with van der Waals surface area (Å²) in [5.74, 6) is 0.766. The van der Waals surface area contributed by atoms with E-state index in [0.717, 1.165) is 37.0 Å². The van der Waals surface area contributed by atoms with Crippen LogP contribution in [0.4, 0.5) is 0 Å². The standard InChI is InChI=1S/C13H18O3/c1-3-4-7-16-10-12-8-11(9-14)5-6-13(12)15-2/h5-6,8-9H,3-4,7,10H2,1-2H3. The number of hydrogen-bond acceptors (Lipinski definition) is 3. The number of benzene rings is 1. The van der Waals surface area contributed by atoms with E-state index in [4.69, 9.17) is 9.47 Å². The zero-order valence-corrected chi connectivity index (χ0v) is 9.86. The average Bonchev–Trinajstić information content (AvgIpc) is 2.34. The van der Waals surface area contributed by atoms with Crippen LogP contribution in [-0.2, 0) is 11.3 Å². The average molecular weight is 222 g/mol. The van der Waals surface area contributed by atoms with E-state index in [9.17, 15) is 4.79 Å². The van der Waals surface area contributed by atoms with Gasteiger partial charge in [0.05, 0.1) is 13.7 Å². The minimum Gasteiger partial charge on any atom is -0.496 e. The number of rotatable bonds is 7. The van der Waals surface area contributed by atoms with Crippen molar-refractivity contribution < 1.29 is 14.3 Å². The number of unbranched alkanes of at least 4 members (excludes halogenated alkanes) is 1. The number of methoxy groups -OCH3 is 1. The van der Waals surface area contributed by atoms with Gasteiger partial charge in [-0.3, -0.25) is 4.79 Å². The fourth-order valence-corrected chi connectivity index (χ4v) is 1.41. The van der Waals surface area contributed by atoms with Gasteiger partial charge in [0.25, 0.3) is 0 Å². The van der Waals surface area contributed by atoms with Gasteiger partial charge in [-0.1, -0.05) is 13.3 Å². The first-order valence-electron chi connectivity index (χ1n) is 5.51. The molecule has 3 heteroatoms. The topological polar surface area (TPSA) is 35.5 Å². The maximum Gasteiger partial charge on any atom is 0.150 e. The van der Waals surface area contributed by atoms with Gasteiger partial charge in [-0.25, -0.2) is 0 Å². The highest BCUT2D eigenvalue weighted by molar-refractivity contribution is 5.75. The number of carbonyl (C=O) groups excluding carboxylic acids is 1. The summed E-state index contributed by atoms with van der Waals surface area (Å²) in [6.45, 7) is 3.35. The van der Waals surface area contributed by atoms with Crippen molar-refractivity contribution in [3.05, 3.63) is 29.3 Å². The summed E-state index contributed by atoms with van der Waals surface area (Å²) in [5.41, 5.74) is 1.57. The summed E-state index contributed by atoms with van der Waals surface area (Å²) in [6.07, 6.45) is 3.00. The Kier molecular flexibility index (Phi) is 5.57. The van der Waals surface area contributed by atoms with Crippen molar-refractivity contribution in [1.82, 2.24) is 0 Å². The van der Waals surface area contributed by atoms with Gasteiger partial charge < -0.3 is 9.47 Å². The Bertz CT molecular complexity index is 334. The predicted octanol–water partition coefficient (Wildman–Crippen LogP) is 2.82. The zero-order chi connectivity index (χ0) is 11.8. The van der Waals surface area contributed by atoms with Crippen molar-refractivity contribution in [2.45, 2.75) is 26.4 Å². The maximum absolute atomic E-state index is 10.7. The molecule has 0 atom stereocenters.